The minimum atomic E-state index is -4.54. The molecule has 0 spiro atoms. The number of nitrogens with zero attached hydrogens (tertiary/aromatic N) is 1. The number of hydrogen-bond donors (Lipinski definition) is 1. The molecule has 17 heavy (non-hydrogen) atoms. The van der Waals surface area contributed by atoms with Crippen LogP contribution in [0.15, 0.2) is 18.2 Å². The second kappa shape index (κ2) is 4.87. The molecule has 1 aromatic rings. The molecule has 0 aliphatic carbocycles. The molecule has 0 aromatic heterocycles. The molecule has 0 saturated carbocycles. The maximum Gasteiger partial charge on any atom is 0.397 e. The van der Waals surface area contributed by atoms with Gasteiger partial charge in [-0.15, -0.1) is 0 Å². The SMILES string of the molecule is Cc1ccc(C#N)cc1NC(=O)CC(F)(F)F. The van der Waals surface area contributed by atoms with Gasteiger partial charge in [-0.05, 0) is 24.6 Å². The second-order valence-corrected chi connectivity index (χ2v) is 3.48. The lowest BCUT2D eigenvalue weighted by atomic mass is 10.1. The number of amides is 1. The quantitative estimate of drug-likeness (QED) is 0.866. The number of rotatable bonds is 2. The van der Waals surface area contributed by atoms with E-state index in [9.17, 15) is 18.0 Å². The summed E-state index contributed by atoms with van der Waals surface area (Å²) in [5.41, 5.74) is 1.09. The molecule has 6 heteroatoms. The van der Waals surface area contributed by atoms with Crippen LogP contribution in [-0.4, -0.2) is 12.1 Å². The van der Waals surface area contributed by atoms with Crippen molar-refractivity contribution in [1.29, 1.82) is 5.26 Å². The fourth-order valence-corrected chi connectivity index (χ4v) is 1.20. The maximum atomic E-state index is 11.9. The van der Waals surface area contributed by atoms with Crippen molar-refractivity contribution in [3.63, 3.8) is 0 Å². The van der Waals surface area contributed by atoms with Crippen LogP contribution < -0.4 is 5.32 Å². The summed E-state index contributed by atoms with van der Waals surface area (Å²) in [5, 5.41) is 10.8. The van der Waals surface area contributed by atoms with Gasteiger partial charge < -0.3 is 5.32 Å². The third kappa shape index (κ3) is 4.15. The zero-order chi connectivity index (χ0) is 13.1. The fourth-order valence-electron chi connectivity index (χ4n) is 1.20. The Morgan fingerprint density at radius 3 is 2.65 bits per heavy atom. The molecule has 1 N–H and O–H groups in total. The first kappa shape index (κ1) is 13.0. The number of carbonyl (C=O) groups excluding carboxylic acids is 1. The van der Waals surface area contributed by atoms with Gasteiger partial charge in [-0.3, -0.25) is 4.79 Å². The molecular formula is C11H9F3N2O. The first-order chi connectivity index (χ1) is 7.81. The minimum Gasteiger partial charge on any atom is -0.326 e. The van der Waals surface area contributed by atoms with Crippen molar-refractivity contribution in [2.45, 2.75) is 19.5 Å². The lowest BCUT2D eigenvalue weighted by Gasteiger charge is -2.10. The Labute approximate surface area is 95.9 Å². The molecule has 1 rings (SSSR count). The molecule has 3 nitrogen and oxygen atoms in total. The summed E-state index contributed by atoms with van der Waals surface area (Å²) in [6, 6.07) is 6.26. The highest BCUT2D eigenvalue weighted by Crippen LogP contribution is 2.22. The van der Waals surface area contributed by atoms with E-state index in [0.717, 1.165) is 0 Å². The number of hydrogen-bond acceptors (Lipinski definition) is 2. The lowest BCUT2D eigenvalue weighted by Crippen LogP contribution is -2.21. The van der Waals surface area contributed by atoms with Crippen LogP contribution >= 0.6 is 0 Å². The van der Waals surface area contributed by atoms with E-state index in [4.69, 9.17) is 5.26 Å². The van der Waals surface area contributed by atoms with Crippen molar-refractivity contribution >= 4 is 11.6 Å². The summed E-state index contributed by atoms with van der Waals surface area (Å²) in [5.74, 6) is -1.14. The largest absolute Gasteiger partial charge is 0.397 e. The van der Waals surface area contributed by atoms with Gasteiger partial charge >= 0.3 is 6.18 Å². The molecule has 1 amide bonds. The number of carbonyl (C=O) groups is 1. The Hall–Kier alpha value is -2.03. The van der Waals surface area contributed by atoms with Crippen molar-refractivity contribution in [1.82, 2.24) is 0 Å². The van der Waals surface area contributed by atoms with Crippen molar-refractivity contribution in [2.75, 3.05) is 5.32 Å². The number of halogens is 3. The van der Waals surface area contributed by atoms with Gasteiger partial charge in [0.1, 0.15) is 6.42 Å². The van der Waals surface area contributed by atoms with E-state index in [2.05, 4.69) is 5.32 Å². The predicted molar refractivity (Wildman–Crippen MR) is 55.2 cm³/mol. The molecule has 90 valence electrons. The molecule has 0 aliphatic rings. The number of aryl methyl sites for hydroxylation is 1. The van der Waals surface area contributed by atoms with Crippen LogP contribution in [0.5, 0.6) is 0 Å². The summed E-state index contributed by atoms with van der Waals surface area (Å²) in [6.07, 6.45) is -6.08. The molecule has 0 radical (unpaired) electrons. The van der Waals surface area contributed by atoms with Crippen LogP contribution in [0.2, 0.25) is 0 Å². The predicted octanol–water partition coefficient (Wildman–Crippen LogP) is 2.76. The summed E-state index contributed by atoms with van der Waals surface area (Å²) in [4.78, 5) is 11.1. The second-order valence-electron chi connectivity index (χ2n) is 3.48. The summed E-state index contributed by atoms with van der Waals surface area (Å²) in [6.45, 7) is 1.63. The van der Waals surface area contributed by atoms with Crippen LogP contribution in [0.25, 0.3) is 0 Å². The van der Waals surface area contributed by atoms with Crippen molar-refractivity contribution in [3.8, 4) is 6.07 Å². The summed E-state index contributed by atoms with van der Waals surface area (Å²) in [7, 11) is 0. The Balaban J connectivity index is 2.82. The molecular weight excluding hydrogens is 233 g/mol. The third-order valence-electron chi connectivity index (χ3n) is 2.00. The van der Waals surface area contributed by atoms with E-state index >= 15 is 0 Å². The Kier molecular flexibility index (Phi) is 3.73. The molecule has 0 heterocycles. The number of alkyl halides is 3. The standard InChI is InChI=1S/C11H9F3N2O/c1-7-2-3-8(6-15)4-9(7)16-10(17)5-11(12,13)14/h2-4H,5H2,1H3,(H,16,17). The Bertz CT molecular complexity index is 475. The number of benzene rings is 1. The highest BCUT2D eigenvalue weighted by Gasteiger charge is 2.31. The maximum absolute atomic E-state index is 11.9. The minimum absolute atomic E-state index is 0.221. The van der Waals surface area contributed by atoms with Gasteiger partial charge in [0.2, 0.25) is 5.91 Å². The highest BCUT2D eigenvalue weighted by molar-refractivity contribution is 5.92. The van der Waals surface area contributed by atoms with Gasteiger partial charge in [-0.1, -0.05) is 6.07 Å². The highest BCUT2D eigenvalue weighted by atomic mass is 19.4. The molecule has 1 aromatic carbocycles. The molecule has 0 bridgehead atoms. The monoisotopic (exact) mass is 242 g/mol. The first-order valence-corrected chi connectivity index (χ1v) is 4.69. The van der Waals surface area contributed by atoms with E-state index < -0.39 is 18.5 Å². The first-order valence-electron chi connectivity index (χ1n) is 4.69. The van der Waals surface area contributed by atoms with E-state index in [-0.39, 0.29) is 11.3 Å². The van der Waals surface area contributed by atoms with Gasteiger partial charge in [-0.25, -0.2) is 0 Å². The lowest BCUT2D eigenvalue weighted by molar-refractivity contribution is -0.150. The average Bonchev–Trinajstić information content (AvgIpc) is 2.18. The van der Waals surface area contributed by atoms with Crippen LogP contribution in [0.4, 0.5) is 18.9 Å². The van der Waals surface area contributed by atoms with Crippen molar-refractivity contribution in [3.05, 3.63) is 29.3 Å². The topological polar surface area (TPSA) is 52.9 Å². The van der Waals surface area contributed by atoms with Crippen molar-refractivity contribution in [2.24, 2.45) is 0 Å². The molecule has 0 unspecified atom stereocenters. The van der Waals surface area contributed by atoms with Gasteiger partial charge in [0, 0.05) is 5.69 Å². The zero-order valence-corrected chi connectivity index (χ0v) is 8.93. The molecule has 0 fully saturated rings. The number of anilines is 1. The molecule has 0 aliphatic heterocycles. The molecule has 0 atom stereocenters. The van der Waals surface area contributed by atoms with E-state index in [0.29, 0.717) is 5.56 Å². The average molecular weight is 242 g/mol. The van der Waals surface area contributed by atoms with Crippen LogP contribution in [0, 0.1) is 18.3 Å². The van der Waals surface area contributed by atoms with E-state index in [1.54, 1.807) is 13.0 Å². The fraction of sp³-hybridized carbons (Fsp3) is 0.273. The van der Waals surface area contributed by atoms with Crippen LogP contribution in [0.3, 0.4) is 0 Å². The smallest absolute Gasteiger partial charge is 0.326 e. The number of nitrogens with one attached hydrogen (secondary N) is 1. The third-order valence-corrected chi connectivity index (χ3v) is 2.00. The van der Waals surface area contributed by atoms with Gasteiger partial charge in [0.05, 0.1) is 11.6 Å². The van der Waals surface area contributed by atoms with Gasteiger partial charge in [0.15, 0.2) is 0 Å². The summed E-state index contributed by atoms with van der Waals surface area (Å²) >= 11 is 0. The normalized spacial score (nSPS) is 10.8. The van der Waals surface area contributed by atoms with E-state index in [1.165, 1.54) is 12.1 Å². The zero-order valence-electron chi connectivity index (χ0n) is 8.93. The van der Waals surface area contributed by atoms with Gasteiger partial charge in [-0.2, -0.15) is 18.4 Å². The number of nitriles is 1. The molecule has 0 saturated heterocycles. The van der Waals surface area contributed by atoms with Crippen LogP contribution in [-0.2, 0) is 4.79 Å². The van der Waals surface area contributed by atoms with E-state index in [1.807, 2.05) is 6.07 Å². The van der Waals surface area contributed by atoms with Crippen LogP contribution in [0.1, 0.15) is 17.5 Å². The Morgan fingerprint density at radius 1 is 1.47 bits per heavy atom. The summed E-state index contributed by atoms with van der Waals surface area (Å²) < 4.78 is 35.8. The van der Waals surface area contributed by atoms with Gasteiger partial charge in [0.25, 0.3) is 0 Å². The van der Waals surface area contributed by atoms with Crippen molar-refractivity contribution < 1.29 is 18.0 Å². The Morgan fingerprint density at radius 2 is 2.12 bits per heavy atom.